The number of hydrogen-bond donors (Lipinski definition) is 0. The van der Waals surface area contributed by atoms with Gasteiger partial charge in [-0.3, -0.25) is 0 Å². The fraction of sp³-hybridized carbons (Fsp3) is 1.00. The highest BCUT2D eigenvalue weighted by molar-refractivity contribution is 7.89. The molecule has 5 heteroatoms. The zero-order chi connectivity index (χ0) is 11.7. The fourth-order valence-corrected chi connectivity index (χ4v) is 4.60. The van der Waals surface area contributed by atoms with Gasteiger partial charge in [0, 0.05) is 18.0 Å². The van der Waals surface area contributed by atoms with Gasteiger partial charge in [-0.1, -0.05) is 6.92 Å². The van der Waals surface area contributed by atoms with E-state index in [4.69, 9.17) is 11.6 Å². The molecule has 3 nitrogen and oxygen atoms in total. The highest BCUT2D eigenvalue weighted by atomic mass is 35.5. The lowest BCUT2D eigenvalue weighted by atomic mass is 10.0. The fourth-order valence-electron chi connectivity index (χ4n) is 2.09. The highest BCUT2D eigenvalue weighted by Crippen LogP contribution is 2.31. The molecule has 1 aliphatic heterocycles. The Kier molecular flexibility index (Phi) is 4.07. The van der Waals surface area contributed by atoms with Crippen LogP contribution < -0.4 is 0 Å². The van der Waals surface area contributed by atoms with Gasteiger partial charge >= 0.3 is 0 Å². The van der Waals surface area contributed by atoms with E-state index in [2.05, 4.69) is 0 Å². The number of sulfonamides is 1. The maximum absolute atomic E-state index is 12.1. The number of alkyl halides is 1. The third-order valence-corrected chi connectivity index (χ3v) is 5.78. The van der Waals surface area contributed by atoms with Crippen LogP contribution in [0, 0.1) is 5.92 Å². The monoisotopic (exact) mass is 253 g/mol. The third kappa shape index (κ3) is 3.08. The minimum absolute atomic E-state index is 0.0214. The van der Waals surface area contributed by atoms with E-state index in [0.29, 0.717) is 12.4 Å². The van der Waals surface area contributed by atoms with Crippen LogP contribution >= 0.6 is 11.6 Å². The van der Waals surface area contributed by atoms with Crippen molar-refractivity contribution >= 4 is 21.6 Å². The van der Waals surface area contributed by atoms with Gasteiger partial charge in [-0.25, -0.2) is 8.42 Å². The third-order valence-electron chi connectivity index (χ3n) is 2.92. The van der Waals surface area contributed by atoms with Gasteiger partial charge < -0.3 is 0 Å². The molecule has 1 fully saturated rings. The highest BCUT2D eigenvalue weighted by Gasteiger charge is 2.40. The Bertz CT molecular complexity index is 313. The van der Waals surface area contributed by atoms with Crippen LogP contribution in [0.1, 0.15) is 33.6 Å². The van der Waals surface area contributed by atoms with Crippen LogP contribution in [0.25, 0.3) is 0 Å². The molecule has 0 radical (unpaired) electrons. The van der Waals surface area contributed by atoms with Crippen LogP contribution in [0.3, 0.4) is 0 Å². The molecule has 0 spiro atoms. The van der Waals surface area contributed by atoms with Crippen molar-refractivity contribution in [1.82, 2.24) is 4.31 Å². The summed E-state index contributed by atoms with van der Waals surface area (Å²) in [6, 6.07) is 0. The number of nitrogens with zero attached hydrogens (tertiary/aromatic N) is 1. The first-order valence-corrected chi connectivity index (χ1v) is 7.50. The molecule has 0 bridgehead atoms. The number of rotatable bonds is 4. The molecule has 0 aromatic rings. The summed E-state index contributed by atoms with van der Waals surface area (Å²) in [6.45, 7) is 6.50. The van der Waals surface area contributed by atoms with Crippen LogP contribution in [-0.4, -0.2) is 36.4 Å². The van der Waals surface area contributed by atoms with Crippen LogP contribution in [0.5, 0.6) is 0 Å². The van der Waals surface area contributed by atoms with Gasteiger partial charge in [-0.2, -0.15) is 4.31 Å². The number of hydrogen-bond acceptors (Lipinski definition) is 2. The summed E-state index contributed by atoms with van der Waals surface area (Å²) in [5.74, 6) is 0.584. The van der Waals surface area contributed by atoms with Crippen LogP contribution in [-0.2, 0) is 10.0 Å². The van der Waals surface area contributed by atoms with Gasteiger partial charge in [0.1, 0.15) is 0 Å². The largest absolute Gasteiger partial charge is 0.214 e. The van der Waals surface area contributed by atoms with E-state index in [1.54, 1.807) is 4.31 Å². The maximum Gasteiger partial charge on any atom is 0.214 e. The van der Waals surface area contributed by atoms with Gasteiger partial charge in [0.25, 0.3) is 0 Å². The molecule has 1 rings (SSSR count). The van der Waals surface area contributed by atoms with Crippen LogP contribution in [0.15, 0.2) is 0 Å². The molecule has 15 heavy (non-hydrogen) atoms. The molecule has 90 valence electrons. The predicted molar refractivity (Wildman–Crippen MR) is 63.7 cm³/mol. The van der Waals surface area contributed by atoms with Gasteiger partial charge in [-0.05, 0) is 32.6 Å². The Labute approximate surface area is 97.8 Å². The number of halogens is 1. The Hall–Kier alpha value is 0.200. The first kappa shape index (κ1) is 13.3. The summed E-state index contributed by atoms with van der Waals surface area (Å²) >= 11 is 5.65. The van der Waals surface area contributed by atoms with Crippen molar-refractivity contribution in [2.24, 2.45) is 5.92 Å². The van der Waals surface area contributed by atoms with E-state index in [0.717, 1.165) is 12.8 Å². The average Bonchev–Trinajstić information content (AvgIpc) is 2.45. The standard InChI is InChI=1S/C10H20ClNO2S/c1-9(7-11)8-15(13,14)12-6-4-5-10(12,2)3/h9H,4-8H2,1-3H3. The van der Waals surface area contributed by atoms with Gasteiger partial charge in [-0.15, -0.1) is 11.6 Å². The molecule has 0 aromatic carbocycles. The second kappa shape index (κ2) is 4.60. The lowest BCUT2D eigenvalue weighted by molar-refractivity contribution is 0.290. The van der Waals surface area contributed by atoms with E-state index in [1.807, 2.05) is 20.8 Å². The van der Waals surface area contributed by atoms with Crippen molar-refractivity contribution in [3.63, 3.8) is 0 Å². The lowest BCUT2D eigenvalue weighted by Crippen LogP contribution is -2.44. The van der Waals surface area contributed by atoms with Crippen molar-refractivity contribution in [2.75, 3.05) is 18.2 Å². The second-order valence-corrected chi connectivity index (χ2v) is 7.27. The van der Waals surface area contributed by atoms with Crippen molar-refractivity contribution in [3.8, 4) is 0 Å². The molecule has 0 N–H and O–H groups in total. The quantitative estimate of drug-likeness (QED) is 0.720. The van der Waals surface area contributed by atoms with E-state index >= 15 is 0 Å². The van der Waals surface area contributed by atoms with Crippen molar-refractivity contribution in [1.29, 1.82) is 0 Å². The van der Waals surface area contributed by atoms with Crippen LogP contribution in [0.4, 0.5) is 0 Å². The minimum Gasteiger partial charge on any atom is -0.212 e. The zero-order valence-electron chi connectivity index (χ0n) is 9.66. The van der Waals surface area contributed by atoms with Crippen molar-refractivity contribution < 1.29 is 8.42 Å². The molecule has 1 aliphatic rings. The van der Waals surface area contributed by atoms with Crippen LogP contribution in [0.2, 0.25) is 0 Å². The topological polar surface area (TPSA) is 37.4 Å². The van der Waals surface area contributed by atoms with Crippen molar-refractivity contribution in [3.05, 3.63) is 0 Å². The Morgan fingerprint density at radius 3 is 2.47 bits per heavy atom. The molecular weight excluding hydrogens is 234 g/mol. The average molecular weight is 254 g/mol. The molecule has 1 unspecified atom stereocenters. The first-order chi connectivity index (χ1) is 6.79. The Balaban J connectivity index is 2.78. The summed E-state index contributed by atoms with van der Waals surface area (Å²) in [7, 11) is -3.13. The molecule has 1 heterocycles. The molecular formula is C10H20ClNO2S. The van der Waals surface area contributed by atoms with E-state index in [-0.39, 0.29) is 17.2 Å². The van der Waals surface area contributed by atoms with Gasteiger partial charge in [0.15, 0.2) is 0 Å². The van der Waals surface area contributed by atoms with Crippen molar-refractivity contribution in [2.45, 2.75) is 39.2 Å². The zero-order valence-corrected chi connectivity index (χ0v) is 11.2. The van der Waals surface area contributed by atoms with Gasteiger partial charge in [0.05, 0.1) is 5.75 Å². The molecule has 1 saturated heterocycles. The molecule has 1 atom stereocenters. The summed E-state index contributed by atoms with van der Waals surface area (Å²) in [6.07, 6.45) is 1.91. The van der Waals surface area contributed by atoms with E-state index in [9.17, 15) is 8.42 Å². The first-order valence-electron chi connectivity index (χ1n) is 5.36. The summed E-state index contributed by atoms with van der Waals surface area (Å²) in [5, 5.41) is 0. The molecule has 0 saturated carbocycles. The molecule has 0 aliphatic carbocycles. The summed E-state index contributed by atoms with van der Waals surface area (Å²) in [4.78, 5) is 0. The Morgan fingerprint density at radius 2 is 2.07 bits per heavy atom. The van der Waals surface area contributed by atoms with Gasteiger partial charge in [0.2, 0.25) is 10.0 Å². The minimum atomic E-state index is -3.13. The smallest absolute Gasteiger partial charge is 0.212 e. The molecule has 0 amide bonds. The Morgan fingerprint density at radius 1 is 1.47 bits per heavy atom. The SMILES string of the molecule is CC(CCl)CS(=O)(=O)N1CCCC1(C)C. The summed E-state index contributed by atoms with van der Waals surface area (Å²) < 4.78 is 25.8. The van der Waals surface area contributed by atoms with E-state index in [1.165, 1.54) is 0 Å². The molecule has 0 aromatic heterocycles. The predicted octanol–water partition coefficient (Wildman–Crippen LogP) is 2.07. The lowest BCUT2D eigenvalue weighted by Gasteiger charge is -2.31. The maximum atomic E-state index is 12.1. The second-order valence-electron chi connectivity index (χ2n) is 5.03. The normalized spacial score (nSPS) is 24.3. The van der Waals surface area contributed by atoms with E-state index < -0.39 is 10.0 Å². The summed E-state index contributed by atoms with van der Waals surface area (Å²) in [5.41, 5.74) is -0.217.